The van der Waals surface area contributed by atoms with E-state index >= 15 is 0 Å². The quantitative estimate of drug-likeness (QED) is 0.729. The third-order valence-corrected chi connectivity index (χ3v) is 6.91. The number of benzene rings is 1. The molecule has 0 bridgehead atoms. The second-order valence-electron chi connectivity index (χ2n) is 8.29. The highest BCUT2D eigenvalue weighted by Crippen LogP contribution is 2.46. The highest BCUT2D eigenvalue weighted by molar-refractivity contribution is 6.30. The zero-order chi connectivity index (χ0) is 19.7. The van der Waals surface area contributed by atoms with E-state index in [-0.39, 0.29) is 0 Å². The fourth-order valence-corrected chi connectivity index (χ4v) is 5.19. The van der Waals surface area contributed by atoms with Gasteiger partial charge in [0, 0.05) is 24.0 Å². The Bertz CT molecular complexity index is 889. The van der Waals surface area contributed by atoms with Gasteiger partial charge in [-0.15, -0.1) is 0 Å². The van der Waals surface area contributed by atoms with E-state index in [2.05, 4.69) is 65.8 Å². The first-order valence-corrected chi connectivity index (χ1v) is 10.8. The molecule has 28 heavy (non-hydrogen) atoms. The SMILES string of the molecule is C=C1C(CCn2ccnc2C)=Cc2cc(Cl)ccc2C(C2CCNCC2)C1C. The molecule has 2 atom stereocenters. The van der Waals surface area contributed by atoms with Crippen molar-refractivity contribution in [3.63, 3.8) is 0 Å². The molecule has 1 aromatic heterocycles. The van der Waals surface area contributed by atoms with Gasteiger partial charge in [-0.3, -0.25) is 0 Å². The average Bonchev–Trinajstić information content (AvgIpc) is 3.07. The number of allylic oxidation sites excluding steroid dienone is 2. The molecule has 0 amide bonds. The number of fused-ring (bicyclic) bond motifs is 1. The molecular weight excluding hydrogens is 366 g/mol. The van der Waals surface area contributed by atoms with Gasteiger partial charge in [0.25, 0.3) is 0 Å². The van der Waals surface area contributed by atoms with Gasteiger partial charge in [0.2, 0.25) is 0 Å². The number of piperidine rings is 1. The van der Waals surface area contributed by atoms with Crippen molar-refractivity contribution in [2.24, 2.45) is 11.8 Å². The lowest BCUT2D eigenvalue weighted by atomic mass is 9.71. The number of aromatic nitrogens is 2. The van der Waals surface area contributed by atoms with Crippen LogP contribution in [0.25, 0.3) is 6.08 Å². The highest BCUT2D eigenvalue weighted by Gasteiger charge is 2.34. The summed E-state index contributed by atoms with van der Waals surface area (Å²) in [5.41, 5.74) is 5.35. The standard InChI is InChI=1S/C24H30ClN3/c1-16-17(2)24(19-6-9-26-10-7-19)23-5-4-22(25)15-21(23)14-20(16)8-12-28-13-11-27-18(28)3/h4-5,11,13-15,17,19,24,26H,1,6-10,12H2,2-3H3. The molecule has 2 aromatic rings. The summed E-state index contributed by atoms with van der Waals surface area (Å²) < 4.78 is 2.22. The van der Waals surface area contributed by atoms with Crippen molar-refractivity contribution in [1.29, 1.82) is 0 Å². The number of hydrogen-bond donors (Lipinski definition) is 1. The van der Waals surface area contributed by atoms with Crippen LogP contribution in [0.3, 0.4) is 0 Å². The van der Waals surface area contributed by atoms with E-state index in [0.717, 1.165) is 36.9 Å². The van der Waals surface area contributed by atoms with Crippen LogP contribution in [-0.2, 0) is 6.54 Å². The minimum atomic E-state index is 0.431. The van der Waals surface area contributed by atoms with Gasteiger partial charge < -0.3 is 9.88 Å². The molecule has 1 aliphatic carbocycles. The maximum atomic E-state index is 6.39. The number of hydrogen-bond acceptors (Lipinski definition) is 2. The van der Waals surface area contributed by atoms with Crippen LogP contribution >= 0.6 is 11.6 Å². The van der Waals surface area contributed by atoms with E-state index in [9.17, 15) is 0 Å². The molecular formula is C24H30ClN3. The zero-order valence-electron chi connectivity index (χ0n) is 16.9. The fraction of sp³-hybridized carbons (Fsp3) is 0.458. The average molecular weight is 396 g/mol. The summed E-state index contributed by atoms with van der Waals surface area (Å²) in [5, 5.41) is 4.32. The van der Waals surface area contributed by atoms with Gasteiger partial charge in [-0.2, -0.15) is 0 Å². The van der Waals surface area contributed by atoms with Crippen LogP contribution in [0.2, 0.25) is 5.02 Å². The predicted molar refractivity (Wildman–Crippen MR) is 118 cm³/mol. The lowest BCUT2D eigenvalue weighted by Crippen LogP contribution is -2.33. The van der Waals surface area contributed by atoms with Crippen molar-refractivity contribution in [2.45, 2.75) is 45.6 Å². The molecule has 1 aliphatic heterocycles. The summed E-state index contributed by atoms with van der Waals surface area (Å²) in [6, 6.07) is 6.45. The maximum Gasteiger partial charge on any atom is 0.105 e. The summed E-state index contributed by atoms with van der Waals surface area (Å²) in [6.07, 6.45) is 9.69. The molecule has 2 unspecified atom stereocenters. The molecule has 1 aromatic carbocycles. The molecule has 2 aliphatic rings. The normalized spacial score (nSPS) is 23.2. The summed E-state index contributed by atoms with van der Waals surface area (Å²) in [4.78, 5) is 4.35. The van der Waals surface area contributed by atoms with Gasteiger partial charge in [-0.1, -0.05) is 37.2 Å². The maximum absolute atomic E-state index is 6.39. The van der Waals surface area contributed by atoms with Crippen LogP contribution < -0.4 is 5.32 Å². The minimum Gasteiger partial charge on any atom is -0.335 e. The smallest absolute Gasteiger partial charge is 0.105 e. The third-order valence-electron chi connectivity index (χ3n) is 6.68. The van der Waals surface area contributed by atoms with Crippen LogP contribution in [0.15, 0.2) is 48.3 Å². The Labute approximate surface area is 173 Å². The number of nitrogens with zero attached hydrogens (tertiary/aromatic N) is 2. The first-order chi connectivity index (χ1) is 13.5. The molecule has 0 spiro atoms. The first-order valence-electron chi connectivity index (χ1n) is 10.4. The van der Waals surface area contributed by atoms with Gasteiger partial charge in [-0.05, 0) is 91.4 Å². The Kier molecular flexibility index (Phi) is 5.75. The van der Waals surface area contributed by atoms with Crippen molar-refractivity contribution in [1.82, 2.24) is 14.9 Å². The van der Waals surface area contributed by atoms with Crippen LogP contribution in [-0.4, -0.2) is 22.6 Å². The summed E-state index contributed by atoms with van der Waals surface area (Å²) >= 11 is 6.39. The monoisotopic (exact) mass is 395 g/mol. The largest absolute Gasteiger partial charge is 0.335 e. The zero-order valence-corrected chi connectivity index (χ0v) is 17.7. The van der Waals surface area contributed by atoms with Gasteiger partial charge >= 0.3 is 0 Å². The highest BCUT2D eigenvalue weighted by atomic mass is 35.5. The molecule has 1 fully saturated rings. The molecule has 0 saturated carbocycles. The van der Waals surface area contributed by atoms with Gasteiger partial charge in [0.05, 0.1) is 0 Å². The van der Waals surface area contributed by atoms with E-state index in [1.54, 1.807) is 0 Å². The lowest BCUT2D eigenvalue weighted by Gasteiger charge is -2.36. The van der Waals surface area contributed by atoms with E-state index in [4.69, 9.17) is 11.6 Å². The molecule has 4 rings (SSSR count). The third kappa shape index (κ3) is 3.83. The van der Waals surface area contributed by atoms with Crippen molar-refractivity contribution >= 4 is 17.7 Å². The Hall–Kier alpha value is -1.84. The topological polar surface area (TPSA) is 29.9 Å². The second kappa shape index (κ2) is 8.26. The first kappa shape index (κ1) is 19.5. The van der Waals surface area contributed by atoms with Crippen LogP contribution in [0, 0.1) is 18.8 Å². The molecule has 4 heteroatoms. The number of nitrogens with one attached hydrogen (secondary N) is 1. The van der Waals surface area contributed by atoms with Crippen LogP contribution in [0.5, 0.6) is 0 Å². The number of rotatable bonds is 4. The number of imidazole rings is 1. The predicted octanol–water partition coefficient (Wildman–Crippen LogP) is 5.61. The van der Waals surface area contributed by atoms with E-state index in [1.807, 2.05) is 6.20 Å². The van der Waals surface area contributed by atoms with E-state index < -0.39 is 0 Å². The van der Waals surface area contributed by atoms with Crippen LogP contribution in [0.1, 0.15) is 49.1 Å². The fourth-order valence-electron chi connectivity index (χ4n) is 5.01. The summed E-state index contributed by atoms with van der Waals surface area (Å²) in [6.45, 7) is 12.2. The van der Waals surface area contributed by atoms with Crippen molar-refractivity contribution in [2.75, 3.05) is 13.1 Å². The minimum absolute atomic E-state index is 0.431. The van der Waals surface area contributed by atoms with Crippen molar-refractivity contribution in [3.05, 3.63) is 70.3 Å². The molecule has 0 radical (unpaired) electrons. The molecule has 2 heterocycles. The van der Waals surface area contributed by atoms with Gasteiger partial charge in [0.15, 0.2) is 0 Å². The van der Waals surface area contributed by atoms with E-state index in [0.29, 0.717) is 17.8 Å². The Morgan fingerprint density at radius 1 is 1.29 bits per heavy atom. The van der Waals surface area contributed by atoms with E-state index in [1.165, 1.54) is 35.1 Å². The molecule has 148 valence electrons. The molecule has 1 N–H and O–H groups in total. The number of halogens is 1. The summed E-state index contributed by atoms with van der Waals surface area (Å²) in [5.74, 6) is 2.69. The van der Waals surface area contributed by atoms with Crippen LogP contribution in [0.4, 0.5) is 0 Å². The molecule has 1 saturated heterocycles. The Morgan fingerprint density at radius 2 is 2.07 bits per heavy atom. The molecule has 3 nitrogen and oxygen atoms in total. The Morgan fingerprint density at radius 3 is 2.79 bits per heavy atom. The second-order valence-corrected chi connectivity index (χ2v) is 8.72. The summed E-state index contributed by atoms with van der Waals surface area (Å²) in [7, 11) is 0. The van der Waals surface area contributed by atoms with Crippen molar-refractivity contribution in [3.8, 4) is 0 Å². The lowest BCUT2D eigenvalue weighted by molar-refractivity contribution is 0.280. The van der Waals surface area contributed by atoms with Crippen molar-refractivity contribution < 1.29 is 0 Å². The Balaban J connectivity index is 1.68. The van der Waals surface area contributed by atoms with Gasteiger partial charge in [0.1, 0.15) is 5.82 Å². The van der Waals surface area contributed by atoms with Gasteiger partial charge in [-0.25, -0.2) is 4.98 Å². The number of aryl methyl sites for hydroxylation is 2.